The van der Waals surface area contributed by atoms with Gasteiger partial charge in [0.1, 0.15) is 5.82 Å². The first-order chi connectivity index (χ1) is 16.6. The van der Waals surface area contributed by atoms with Gasteiger partial charge in [-0.2, -0.15) is 0 Å². The summed E-state index contributed by atoms with van der Waals surface area (Å²) in [7, 11) is 0. The summed E-state index contributed by atoms with van der Waals surface area (Å²) < 4.78 is 21.9. The van der Waals surface area contributed by atoms with Crippen molar-refractivity contribution in [3.05, 3.63) is 35.3 Å². The SMILES string of the molecule is O=C(CCCCCn1c2c(c3cc(F)ccc31)C(=O)C(CCCN1CCCOCC1)CC2)NO. The zero-order valence-electron chi connectivity index (χ0n) is 19.9. The van der Waals surface area contributed by atoms with E-state index in [-0.39, 0.29) is 29.8 Å². The largest absolute Gasteiger partial charge is 0.380 e. The Hall–Kier alpha value is -2.29. The lowest BCUT2D eigenvalue weighted by Crippen LogP contribution is -2.29. The van der Waals surface area contributed by atoms with E-state index >= 15 is 0 Å². The quantitative estimate of drug-likeness (QED) is 0.308. The Morgan fingerprint density at radius 1 is 1.15 bits per heavy atom. The minimum Gasteiger partial charge on any atom is -0.380 e. The molecule has 0 radical (unpaired) electrons. The molecule has 2 heterocycles. The number of unbranched alkanes of at least 4 members (excludes halogenated alkanes) is 2. The summed E-state index contributed by atoms with van der Waals surface area (Å²) in [6, 6.07) is 4.75. The highest BCUT2D eigenvalue weighted by atomic mass is 19.1. The van der Waals surface area contributed by atoms with Gasteiger partial charge in [0.15, 0.2) is 5.78 Å². The average molecular weight is 474 g/mol. The molecule has 2 aromatic rings. The Kier molecular flexibility index (Phi) is 8.69. The Morgan fingerprint density at radius 2 is 2.03 bits per heavy atom. The molecule has 1 aromatic carbocycles. The van der Waals surface area contributed by atoms with Crippen molar-refractivity contribution < 1.29 is 23.9 Å². The van der Waals surface area contributed by atoms with Crippen LogP contribution in [0, 0.1) is 11.7 Å². The van der Waals surface area contributed by atoms with Crippen LogP contribution in [0.5, 0.6) is 0 Å². The summed E-state index contributed by atoms with van der Waals surface area (Å²) >= 11 is 0. The van der Waals surface area contributed by atoms with Gasteiger partial charge >= 0.3 is 0 Å². The third-order valence-corrected chi connectivity index (χ3v) is 7.23. The molecule has 2 N–H and O–H groups in total. The van der Waals surface area contributed by atoms with Gasteiger partial charge in [0.2, 0.25) is 5.91 Å². The van der Waals surface area contributed by atoms with Crippen LogP contribution in [-0.2, 0) is 22.5 Å². The smallest absolute Gasteiger partial charge is 0.243 e. The maximum absolute atomic E-state index is 14.1. The Balaban J connectivity index is 1.43. The number of nitrogens with one attached hydrogen (secondary N) is 1. The fourth-order valence-electron chi connectivity index (χ4n) is 5.46. The minimum atomic E-state index is -0.375. The van der Waals surface area contributed by atoms with E-state index in [4.69, 9.17) is 9.94 Å². The molecule has 7 nitrogen and oxygen atoms in total. The number of halogens is 1. The van der Waals surface area contributed by atoms with Gasteiger partial charge in [-0.25, -0.2) is 9.87 Å². The van der Waals surface area contributed by atoms with Gasteiger partial charge in [-0.15, -0.1) is 0 Å². The topological polar surface area (TPSA) is 83.8 Å². The summed E-state index contributed by atoms with van der Waals surface area (Å²) in [5.74, 6) is -0.537. The van der Waals surface area contributed by atoms with E-state index in [0.717, 1.165) is 101 Å². The van der Waals surface area contributed by atoms with Gasteiger partial charge in [-0.05, 0) is 69.7 Å². The second-order valence-corrected chi connectivity index (χ2v) is 9.53. The van der Waals surface area contributed by atoms with Crippen LogP contribution in [0.15, 0.2) is 18.2 Å². The van der Waals surface area contributed by atoms with Crippen molar-refractivity contribution in [1.82, 2.24) is 14.9 Å². The minimum absolute atomic E-state index is 0.00459. The standard InChI is InChI=1S/C26H36FN3O4/c27-20-9-11-22-21(18-20)25-23(30(22)14-3-1-2-7-24(31)28-33)10-8-19(26(25)32)6-4-12-29-13-5-16-34-17-15-29/h9,11,18-19,33H,1-8,10,12-17H2,(H,28,31). The third-order valence-electron chi connectivity index (χ3n) is 7.23. The number of carbonyl (C=O) groups excluding carboxylic acids is 2. The third kappa shape index (κ3) is 5.85. The molecule has 2 aliphatic rings. The van der Waals surface area contributed by atoms with E-state index in [1.807, 2.05) is 0 Å². The first-order valence-corrected chi connectivity index (χ1v) is 12.7. The number of hydroxylamine groups is 1. The average Bonchev–Trinajstić information content (AvgIpc) is 2.97. The van der Waals surface area contributed by atoms with Gasteiger partial charge in [0.05, 0.1) is 6.61 Å². The molecule has 0 saturated carbocycles. The molecule has 4 rings (SSSR count). The van der Waals surface area contributed by atoms with E-state index in [2.05, 4.69) is 9.47 Å². The number of aromatic nitrogens is 1. The molecule has 1 fully saturated rings. The first-order valence-electron chi connectivity index (χ1n) is 12.7. The number of ether oxygens (including phenoxy) is 1. The number of aryl methyl sites for hydroxylation is 1. The van der Waals surface area contributed by atoms with Crippen LogP contribution in [0.4, 0.5) is 4.39 Å². The van der Waals surface area contributed by atoms with Crippen LogP contribution in [-0.4, -0.2) is 59.2 Å². The van der Waals surface area contributed by atoms with Crippen LogP contribution in [0.25, 0.3) is 10.9 Å². The normalized spacial score (nSPS) is 19.2. The number of hydrogen-bond acceptors (Lipinski definition) is 5. The van der Waals surface area contributed by atoms with Crippen molar-refractivity contribution in [1.29, 1.82) is 0 Å². The number of rotatable bonds is 10. The van der Waals surface area contributed by atoms with Crippen molar-refractivity contribution in [2.75, 3.05) is 32.8 Å². The van der Waals surface area contributed by atoms with Gasteiger partial charge in [0, 0.05) is 60.7 Å². The predicted octanol–water partition coefficient (Wildman–Crippen LogP) is 4.09. The van der Waals surface area contributed by atoms with Crippen LogP contribution >= 0.6 is 0 Å². The number of benzene rings is 1. The second kappa shape index (κ2) is 11.9. The molecule has 34 heavy (non-hydrogen) atoms. The first kappa shape index (κ1) is 24.8. The van der Waals surface area contributed by atoms with Crippen molar-refractivity contribution >= 4 is 22.6 Å². The van der Waals surface area contributed by atoms with Gasteiger partial charge in [0.25, 0.3) is 0 Å². The highest BCUT2D eigenvalue weighted by Gasteiger charge is 2.32. The zero-order valence-corrected chi connectivity index (χ0v) is 19.9. The molecule has 0 bridgehead atoms. The highest BCUT2D eigenvalue weighted by Crippen LogP contribution is 2.36. The van der Waals surface area contributed by atoms with E-state index < -0.39 is 0 Å². The number of nitrogens with zero attached hydrogens (tertiary/aromatic N) is 2. The molecule has 1 saturated heterocycles. The Labute approximate surface area is 200 Å². The molecule has 0 spiro atoms. The highest BCUT2D eigenvalue weighted by molar-refractivity contribution is 6.11. The summed E-state index contributed by atoms with van der Waals surface area (Å²) in [5, 5.41) is 9.35. The van der Waals surface area contributed by atoms with Crippen molar-refractivity contribution in [2.24, 2.45) is 5.92 Å². The lowest BCUT2D eigenvalue weighted by Gasteiger charge is -2.24. The van der Waals surface area contributed by atoms with Crippen LogP contribution in [0.3, 0.4) is 0 Å². The maximum Gasteiger partial charge on any atom is 0.243 e. The number of hydrogen-bond donors (Lipinski definition) is 2. The van der Waals surface area contributed by atoms with Crippen LogP contribution in [0.2, 0.25) is 0 Å². The number of fused-ring (bicyclic) bond motifs is 3. The Morgan fingerprint density at radius 3 is 2.88 bits per heavy atom. The maximum atomic E-state index is 14.1. The lowest BCUT2D eigenvalue weighted by atomic mass is 9.82. The van der Waals surface area contributed by atoms with Gasteiger partial charge in [-0.1, -0.05) is 6.42 Å². The summed E-state index contributed by atoms with van der Waals surface area (Å²) in [6.07, 6.45) is 7.24. The molecule has 1 aliphatic carbocycles. The van der Waals surface area contributed by atoms with E-state index in [0.29, 0.717) is 12.0 Å². The van der Waals surface area contributed by atoms with Gasteiger partial charge in [-0.3, -0.25) is 14.8 Å². The molecule has 8 heteroatoms. The monoisotopic (exact) mass is 473 g/mol. The molecule has 1 aliphatic heterocycles. The predicted molar refractivity (Wildman–Crippen MR) is 128 cm³/mol. The summed E-state index contributed by atoms with van der Waals surface area (Å²) in [5.41, 5.74) is 4.32. The molecule has 1 atom stereocenters. The van der Waals surface area contributed by atoms with E-state index in [9.17, 15) is 14.0 Å². The fourth-order valence-corrected chi connectivity index (χ4v) is 5.46. The molecule has 1 amide bonds. The second-order valence-electron chi connectivity index (χ2n) is 9.53. The molecule has 1 unspecified atom stereocenters. The molecular formula is C26H36FN3O4. The van der Waals surface area contributed by atoms with Crippen molar-refractivity contribution in [2.45, 2.75) is 64.3 Å². The van der Waals surface area contributed by atoms with Crippen molar-refractivity contribution in [3.8, 4) is 0 Å². The molecular weight excluding hydrogens is 437 g/mol. The number of ketones is 1. The summed E-state index contributed by atoms with van der Waals surface area (Å²) in [6.45, 7) is 5.35. The summed E-state index contributed by atoms with van der Waals surface area (Å²) in [4.78, 5) is 27.2. The Bertz CT molecular complexity index is 998. The van der Waals surface area contributed by atoms with Crippen molar-refractivity contribution in [3.63, 3.8) is 0 Å². The number of carbonyl (C=O) groups is 2. The number of amides is 1. The van der Waals surface area contributed by atoms with Crippen LogP contribution in [0.1, 0.15) is 67.4 Å². The van der Waals surface area contributed by atoms with Gasteiger partial charge < -0.3 is 14.2 Å². The number of Topliss-reactive ketones (excluding diaryl/α,β-unsaturated/α-hetero) is 1. The zero-order chi connectivity index (χ0) is 23.9. The molecule has 1 aromatic heterocycles. The fraction of sp³-hybridized carbons (Fsp3) is 0.615. The van der Waals surface area contributed by atoms with Crippen LogP contribution < -0.4 is 5.48 Å². The van der Waals surface area contributed by atoms with E-state index in [1.54, 1.807) is 11.5 Å². The van der Waals surface area contributed by atoms with E-state index in [1.165, 1.54) is 12.1 Å². The lowest BCUT2D eigenvalue weighted by molar-refractivity contribution is -0.129. The molecule has 186 valence electrons.